The maximum absolute atomic E-state index is 11.7. The van der Waals surface area contributed by atoms with Crippen LogP contribution in [0, 0.1) is 0 Å². The Bertz CT molecular complexity index is 521. The van der Waals surface area contributed by atoms with Crippen molar-refractivity contribution in [2.24, 2.45) is 0 Å². The Kier molecular flexibility index (Phi) is 2.24. The molecule has 1 amide bonds. The Morgan fingerprint density at radius 2 is 2.13 bits per heavy atom. The molecule has 0 aliphatic carbocycles. The molecule has 0 bridgehead atoms. The van der Waals surface area contributed by atoms with Crippen molar-refractivity contribution in [3.63, 3.8) is 0 Å². The predicted octanol–water partition coefficient (Wildman–Crippen LogP) is -0.0953. The topological polar surface area (TPSA) is 83.5 Å². The van der Waals surface area contributed by atoms with E-state index in [2.05, 4.69) is 5.32 Å². The van der Waals surface area contributed by atoms with Crippen molar-refractivity contribution < 1.29 is 18.3 Å². The van der Waals surface area contributed by atoms with Crippen LogP contribution in [-0.2, 0) is 21.2 Å². The minimum absolute atomic E-state index is 0.0344. The van der Waals surface area contributed by atoms with Crippen LogP contribution >= 0.6 is 0 Å². The molecule has 0 fully saturated rings. The smallest absolute Gasteiger partial charge is 0.239 e. The van der Waals surface area contributed by atoms with Crippen LogP contribution in [0.15, 0.2) is 23.1 Å². The highest BCUT2D eigenvalue weighted by Gasteiger charge is 2.30. The first-order valence-corrected chi connectivity index (χ1v) is 5.95. The molecule has 0 radical (unpaired) electrons. The number of aliphatic hydroxyl groups is 1. The third kappa shape index (κ3) is 1.62. The number of rotatable bonds is 1. The molecular weight excluding hydrogens is 218 g/mol. The molecule has 5 nitrogen and oxygen atoms in total. The van der Waals surface area contributed by atoms with Crippen LogP contribution in [-0.4, -0.2) is 25.2 Å². The fourth-order valence-corrected chi connectivity index (χ4v) is 3.15. The van der Waals surface area contributed by atoms with Gasteiger partial charge in [0, 0.05) is 0 Å². The summed E-state index contributed by atoms with van der Waals surface area (Å²) in [6, 6.07) is 4.61. The van der Waals surface area contributed by atoms with Gasteiger partial charge in [-0.25, -0.2) is 8.42 Å². The molecule has 0 saturated heterocycles. The normalized spacial score (nSPS) is 18.1. The Morgan fingerprint density at radius 1 is 1.40 bits per heavy atom. The third-order valence-corrected chi connectivity index (χ3v) is 3.92. The second-order valence-corrected chi connectivity index (χ2v) is 5.19. The van der Waals surface area contributed by atoms with Crippen molar-refractivity contribution in [2.45, 2.75) is 11.5 Å². The molecule has 1 aliphatic rings. The van der Waals surface area contributed by atoms with Gasteiger partial charge in [-0.05, 0) is 11.6 Å². The number of hydrogen-bond donors (Lipinski definition) is 2. The molecule has 0 aromatic heterocycles. The van der Waals surface area contributed by atoms with Gasteiger partial charge in [-0.2, -0.15) is 0 Å². The lowest BCUT2D eigenvalue weighted by molar-refractivity contribution is -0.114. The summed E-state index contributed by atoms with van der Waals surface area (Å²) in [5, 5.41) is 11.5. The van der Waals surface area contributed by atoms with Crippen molar-refractivity contribution >= 4 is 21.4 Å². The quantitative estimate of drug-likeness (QED) is 0.702. The lowest BCUT2D eigenvalue weighted by Crippen LogP contribution is -2.30. The van der Waals surface area contributed by atoms with Crippen LogP contribution in [0.1, 0.15) is 5.56 Å². The molecule has 1 heterocycles. The largest absolute Gasteiger partial charge is 0.392 e. The van der Waals surface area contributed by atoms with Crippen LogP contribution in [0.3, 0.4) is 0 Å². The molecule has 2 rings (SSSR count). The summed E-state index contributed by atoms with van der Waals surface area (Å²) >= 11 is 0. The number of amides is 1. The predicted molar refractivity (Wildman–Crippen MR) is 53.0 cm³/mol. The molecule has 0 atom stereocenters. The highest BCUT2D eigenvalue weighted by molar-refractivity contribution is 7.92. The zero-order valence-electron chi connectivity index (χ0n) is 7.73. The van der Waals surface area contributed by atoms with Gasteiger partial charge in [0.25, 0.3) is 0 Å². The van der Waals surface area contributed by atoms with Gasteiger partial charge < -0.3 is 10.4 Å². The molecule has 2 N–H and O–H groups in total. The van der Waals surface area contributed by atoms with Gasteiger partial charge in [0.1, 0.15) is 5.75 Å². The van der Waals surface area contributed by atoms with Gasteiger partial charge in [0.2, 0.25) is 5.91 Å². The van der Waals surface area contributed by atoms with E-state index in [4.69, 9.17) is 5.11 Å². The lowest BCUT2D eigenvalue weighted by Gasteiger charge is -2.19. The van der Waals surface area contributed by atoms with Gasteiger partial charge in [0.05, 0.1) is 17.2 Å². The van der Waals surface area contributed by atoms with Gasteiger partial charge in [-0.1, -0.05) is 12.1 Å². The summed E-state index contributed by atoms with van der Waals surface area (Å²) in [6.45, 7) is -0.363. The summed E-state index contributed by atoms with van der Waals surface area (Å²) in [4.78, 5) is 11.1. The van der Waals surface area contributed by atoms with E-state index in [1.807, 2.05) is 0 Å². The number of hydrogen-bond acceptors (Lipinski definition) is 4. The third-order valence-electron chi connectivity index (χ3n) is 2.17. The van der Waals surface area contributed by atoms with Crippen LogP contribution in [0.25, 0.3) is 0 Å². The highest BCUT2D eigenvalue weighted by atomic mass is 32.2. The Balaban J connectivity index is 2.73. The average molecular weight is 227 g/mol. The number of anilines is 1. The zero-order valence-corrected chi connectivity index (χ0v) is 8.54. The van der Waals surface area contributed by atoms with Gasteiger partial charge in [-0.3, -0.25) is 4.79 Å². The molecule has 0 unspecified atom stereocenters. The number of nitrogens with one attached hydrogen (secondary N) is 1. The van der Waals surface area contributed by atoms with Crippen molar-refractivity contribution in [2.75, 3.05) is 11.1 Å². The van der Waals surface area contributed by atoms with Crippen LogP contribution in [0.4, 0.5) is 5.69 Å². The molecular formula is C9H9NO4S. The minimum atomic E-state index is -3.61. The second kappa shape index (κ2) is 3.32. The Labute approximate surface area is 86.7 Å². The number of fused-ring (bicyclic) bond motifs is 1. The summed E-state index contributed by atoms with van der Waals surface area (Å²) in [5.41, 5.74) is 0.560. The standard InChI is InChI=1S/C9H9NO4S/c11-4-6-2-1-3-7-9(6)15(13,14)5-8(12)10-7/h1-3,11H,4-5H2,(H,10,12). The van der Waals surface area contributed by atoms with E-state index in [1.165, 1.54) is 12.1 Å². The summed E-state index contributed by atoms with van der Waals surface area (Å²) < 4.78 is 23.4. The number of aliphatic hydroxyl groups excluding tert-OH is 1. The molecule has 0 saturated carbocycles. The lowest BCUT2D eigenvalue weighted by atomic mass is 10.2. The molecule has 15 heavy (non-hydrogen) atoms. The fourth-order valence-electron chi connectivity index (χ4n) is 1.61. The van der Waals surface area contributed by atoms with Crippen molar-refractivity contribution in [1.29, 1.82) is 0 Å². The van der Waals surface area contributed by atoms with Gasteiger partial charge in [0.15, 0.2) is 9.84 Å². The van der Waals surface area contributed by atoms with E-state index >= 15 is 0 Å². The van der Waals surface area contributed by atoms with Crippen LogP contribution < -0.4 is 5.32 Å². The molecule has 1 aliphatic heterocycles. The number of carbonyl (C=O) groups is 1. The molecule has 80 valence electrons. The maximum Gasteiger partial charge on any atom is 0.239 e. The summed E-state index contributed by atoms with van der Waals surface area (Å²) in [7, 11) is -3.61. The van der Waals surface area contributed by atoms with Crippen LogP contribution in [0.2, 0.25) is 0 Å². The van der Waals surface area contributed by atoms with E-state index in [-0.39, 0.29) is 17.2 Å². The Hall–Kier alpha value is -1.40. The number of benzene rings is 1. The van der Waals surface area contributed by atoms with E-state index in [1.54, 1.807) is 6.07 Å². The van der Waals surface area contributed by atoms with E-state index in [0.29, 0.717) is 5.56 Å². The second-order valence-electron chi connectivity index (χ2n) is 3.26. The first-order valence-electron chi connectivity index (χ1n) is 4.30. The molecule has 1 aromatic carbocycles. The molecule has 1 aromatic rings. The van der Waals surface area contributed by atoms with Crippen molar-refractivity contribution in [1.82, 2.24) is 0 Å². The number of sulfone groups is 1. The van der Waals surface area contributed by atoms with E-state index in [0.717, 1.165) is 0 Å². The van der Waals surface area contributed by atoms with Crippen molar-refractivity contribution in [3.8, 4) is 0 Å². The molecule has 0 spiro atoms. The molecule has 6 heteroatoms. The van der Waals surface area contributed by atoms with Crippen LogP contribution in [0.5, 0.6) is 0 Å². The van der Waals surface area contributed by atoms with Gasteiger partial charge >= 0.3 is 0 Å². The van der Waals surface area contributed by atoms with Crippen molar-refractivity contribution in [3.05, 3.63) is 23.8 Å². The van der Waals surface area contributed by atoms with E-state index in [9.17, 15) is 13.2 Å². The SMILES string of the molecule is O=C1CS(=O)(=O)c2c(CO)cccc2N1. The maximum atomic E-state index is 11.7. The van der Waals surface area contributed by atoms with Gasteiger partial charge in [-0.15, -0.1) is 0 Å². The monoisotopic (exact) mass is 227 g/mol. The minimum Gasteiger partial charge on any atom is -0.392 e. The Morgan fingerprint density at radius 3 is 2.80 bits per heavy atom. The average Bonchev–Trinajstić information content (AvgIpc) is 2.14. The zero-order chi connectivity index (χ0) is 11.1. The summed E-state index contributed by atoms with van der Waals surface area (Å²) in [5.74, 6) is -1.10. The van der Waals surface area contributed by atoms with E-state index < -0.39 is 21.5 Å². The first-order chi connectivity index (χ1) is 7.04. The highest BCUT2D eigenvalue weighted by Crippen LogP contribution is 2.29. The fraction of sp³-hybridized carbons (Fsp3) is 0.222. The number of carbonyl (C=O) groups excluding carboxylic acids is 1. The first kappa shape index (κ1) is 10.1. The summed E-state index contributed by atoms with van der Waals surface area (Å²) in [6.07, 6.45) is 0.